The molecule has 3 aromatic rings. The third-order valence-electron chi connectivity index (χ3n) is 3.66. The summed E-state index contributed by atoms with van der Waals surface area (Å²) < 4.78 is 0.444. The van der Waals surface area contributed by atoms with E-state index in [0.29, 0.717) is 20.8 Å². The van der Waals surface area contributed by atoms with Gasteiger partial charge in [0.25, 0.3) is 5.69 Å². The minimum atomic E-state index is -0.849. The topological polar surface area (TPSA) is 74.0 Å². The van der Waals surface area contributed by atoms with E-state index in [2.05, 4.69) is 4.98 Å². The molecule has 0 amide bonds. The van der Waals surface area contributed by atoms with Crippen LogP contribution >= 0.6 is 11.6 Å². The largest absolute Gasteiger partial charge is 0.618 e. The van der Waals surface area contributed by atoms with Gasteiger partial charge in [-0.1, -0.05) is 35.9 Å². The van der Waals surface area contributed by atoms with Crippen molar-refractivity contribution < 1.29 is 14.3 Å². The molecule has 0 saturated heterocycles. The molecule has 106 valence electrons. The molecule has 1 aliphatic rings. The first-order valence-corrected chi connectivity index (χ1v) is 6.87. The lowest BCUT2D eigenvalue weighted by molar-refractivity contribution is -0.578. The third-order valence-corrected chi connectivity index (χ3v) is 3.90. The van der Waals surface area contributed by atoms with Gasteiger partial charge in [-0.25, -0.2) is 4.98 Å². The second-order valence-electron chi connectivity index (χ2n) is 4.94. The highest BCUT2D eigenvalue weighted by molar-refractivity contribution is 6.52. The molecule has 22 heavy (non-hydrogen) atoms. The number of hydrogen-bond donors (Lipinski definition) is 0. The van der Waals surface area contributed by atoms with Crippen LogP contribution in [0.5, 0.6) is 0 Å². The minimum absolute atomic E-state index is 0.159. The SMILES string of the molecule is O=C1C(=O)c2c(nc3ccc(Cl)cc3[n+]2[O-])-c2ccccc21. The molecule has 0 unspecified atom stereocenters. The van der Waals surface area contributed by atoms with Gasteiger partial charge in [-0.05, 0) is 12.1 Å². The van der Waals surface area contributed by atoms with Crippen molar-refractivity contribution in [3.8, 4) is 11.3 Å². The van der Waals surface area contributed by atoms with E-state index in [1.165, 1.54) is 6.07 Å². The Morgan fingerprint density at radius 1 is 1.00 bits per heavy atom. The first-order chi connectivity index (χ1) is 10.6. The van der Waals surface area contributed by atoms with Crippen LogP contribution < -0.4 is 4.73 Å². The fraction of sp³-hybridized carbons (Fsp3) is 0. The van der Waals surface area contributed by atoms with Gasteiger partial charge in [0.05, 0.1) is 0 Å². The molecule has 0 spiro atoms. The van der Waals surface area contributed by atoms with Gasteiger partial charge >= 0.3 is 5.78 Å². The fourth-order valence-corrected chi connectivity index (χ4v) is 2.82. The molecule has 5 nitrogen and oxygen atoms in total. The zero-order chi connectivity index (χ0) is 15.4. The Bertz CT molecular complexity index is 998. The predicted molar refractivity (Wildman–Crippen MR) is 79.8 cm³/mol. The van der Waals surface area contributed by atoms with E-state index in [9.17, 15) is 14.8 Å². The van der Waals surface area contributed by atoms with Gasteiger partial charge in [0.1, 0.15) is 11.2 Å². The number of Topliss-reactive ketones (excluding diaryl/α,β-unsaturated/α-hetero) is 2. The molecule has 0 N–H and O–H groups in total. The molecule has 4 rings (SSSR count). The van der Waals surface area contributed by atoms with Crippen molar-refractivity contribution in [2.45, 2.75) is 0 Å². The van der Waals surface area contributed by atoms with E-state index in [1.807, 2.05) is 0 Å². The van der Waals surface area contributed by atoms with Crippen LogP contribution in [-0.4, -0.2) is 16.6 Å². The first kappa shape index (κ1) is 12.9. The molecule has 0 radical (unpaired) electrons. The standard InChI is InChI=1S/C16H7ClN2O3/c17-8-5-6-11-12(7-8)19(22)14-13(18-11)9-3-1-2-4-10(9)15(20)16(14)21/h1-7H. The summed E-state index contributed by atoms with van der Waals surface area (Å²) >= 11 is 5.89. The normalized spacial score (nSPS) is 13.1. The Morgan fingerprint density at radius 2 is 1.73 bits per heavy atom. The number of rotatable bonds is 0. The predicted octanol–water partition coefficient (Wildman–Crippen LogP) is 2.57. The van der Waals surface area contributed by atoms with Crippen LogP contribution in [0.4, 0.5) is 0 Å². The number of carbonyl (C=O) groups excluding carboxylic acids is 2. The summed E-state index contributed by atoms with van der Waals surface area (Å²) in [6.45, 7) is 0. The van der Waals surface area contributed by atoms with Crippen molar-refractivity contribution in [1.82, 2.24) is 4.98 Å². The Balaban J connectivity index is 2.19. The molecule has 0 aliphatic heterocycles. The molecule has 0 atom stereocenters. The summed E-state index contributed by atoms with van der Waals surface area (Å²) in [6, 6.07) is 11.3. The number of halogens is 1. The van der Waals surface area contributed by atoms with Crippen molar-refractivity contribution in [3.63, 3.8) is 0 Å². The lowest BCUT2D eigenvalue weighted by atomic mass is 9.89. The number of benzene rings is 2. The average Bonchev–Trinajstić information content (AvgIpc) is 2.53. The molecule has 1 heterocycles. The summed E-state index contributed by atoms with van der Waals surface area (Å²) in [5.41, 5.74) is 1.30. The van der Waals surface area contributed by atoms with Crippen molar-refractivity contribution in [3.05, 3.63) is 64.0 Å². The van der Waals surface area contributed by atoms with E-state index >= 15 is 0 Å². The van der Waals surface area contributed by atoms with Crippen molar-refractivity contribution >= 4 is 34.2 Å². The van der Waals surface area contributed by atoms with Crippen LogP contribution in [0.25, 0.3) is 22.3 Å². The smallest absolute Gasteiger partial charge is 0.300 e. The zero-order valence-electron chi connectivity index (χ0n) is 11.0. The summed E-state index contributed by atoms with van der Waals surface area (Å²) in [5, 5.41) is 12.9. The highest BCUT2D eigenvalue weighted by Crippen LogP contribution is 2.31. The van der Waals surface area contributed by atoms with E-state index in [4.69, 9.17) is 11.6 Å². The third kappa shape index (κ3) is 1.60. The second kappa shape index (κ2) is 4.35. The molecular weight excluding hydrogens is 304 g/mol. The first-order valence-electron chi connectivity index (χ1n) is 6.49. The summed E-state index contributed by atoms with van der Waals surface area (Å²) in [5.74, 6) is -1.55. The van der Waals surface area contributed by atoms with Crippen LogP contribution in [0.3, 0.4) is 0 Å². The Labute approximate surface area is 129 Å². The molecule has 0 saturated carbocycles. The Hall–Kier alpha value is -2.79. The molecular formula is C16H7ClN2O3. The van der Waals surface area contributed by atoms with Gasteiger partial charge in [0.15, 0.2) is 0 Å². The summed E-state index contributed by atoms with van der Waals surface area (Å²) in [4.78, 5) is 28.9. The van der Waals surface area contributed by atoms with Crippen LogP contribution in [0, 0.1) is 5.21 Å². The Morgan fingerprint density at radius 3 is 2.50 bits per heavy atom. The fourth-order valence-electron chi connectivity index (χ4n) is 2.65. The van der Waals surface area contributed by atoms with Crippen LogP contribution in [0.15, 0.2) is 42.5 Å². The van der Waals surface area contributed by atoms with Crippen LogP contribution in [-0.2, 0) is 0 Å². The maximum absolute atomic E-state index is 12.5. The van der Waals surface area contributed by atoms with Crippen LogP contribution in [0.1, 0.15) is 20.8 Å². The number of carbonyl (C=O) groups is 2. The molecule has 6 heteroatoms. The molecule has 0 fully saturated rings. The van der Waals surface area contributed by atoms with Gasteiger partial charge in [-0.3, -0.25) is 9.59 Å². The number of hydrogen-bond acceptors (Lipinski definition) is 4. The maximum Gasteiger partial charge on any atom is 0.300 e. The second-order valence-corrected chi connectivity index (χ2v) is 5.38. The molecule has 1 aromatic heterocycles. The number of nitrogens with zero attached hydrogens (tertiary/aromatic N) is 2. The summed E-state index contributed by atoms with van der Waals surface area (Å²) in [7, 11) is 0. The highest BCUT2D eigenvalue weighted by Gasteiger charge is 2.38. The number of aromatic nitrogens is 2. The number of ketones is 2. The highest BCUT2D eigenvalue weighted by atomic mass is 35.5. The van der Waals surface area contributed by atoms with Crippen molar-refractivity contribution in [2.24, 2.45) is 0 Å². The number of fused-ring (bicyclic) bond motifs is 4. The van der Waals surface area contributed by atoms with E-state index < -0.39 is 11.6 Å². The van der Waals surface area contributed by atoms with E-state index in [-0.39, 0.29) is 22.5 Å². The minimum Gasteiger partial charge on any atom is -0.618 e. The van der Waals surface area contributed by atoms with Gasteiger partial charge < -0.3 is 5.21 Å². The van der Waals surface area contributed by atoms with Crippen molar-refractivity contribution in [2.75, 3.05) is 0 Å². The van der Waals surface area contributed by atoms with Gasteiger partial charge in [-0.15, -0.1) is 0 Å². The van der Waals surface area contributed by atoms with Gasteiger partial charge in [-0.2, -0.15) is 4.73 Å². The maximum atomic E-state index is 12.5. The molecule has 1 aliphatic carbocycles. The quantitative estimate of drug-likeness (QED) is 0.363. The van der Waals surface area contributed by atoms with Crippen molar-refractivity contribution in [1.29, 1.82) is 0 Å². The summed E-state index contributed by atoms with van der Waals surface area (Å²) in [6.07, 6.45) is 0. The lowest BCUT2D eigenvalue weighted by Gasteiger charge is -2.16. The molecule has 0 bridgehead atoms. The van der Waals surface area contributed by atoms with Gasteiger partial charge in [0.2, 0.25) is 11.3 Å². The lowest BCUT2D eigenvalue weighted by Crippen LogP contribution is -2.41. The van der Waals surface area contributed by atoms with E-state index in [1.54, 1.807) is 36.4 Å². The molecule has 2 aromatic carbocycles. The van der Waals surface area contributed by atoms with E-state index in [0.717, 1.165) is 0 Å². The van der Waals surface area contributed by atoms with Gasteiger partial charge in [0, 0.05) is 22.2 Å². The monoisotopic (exact) mass is 310 g/mol. The van der Waals surface area contributed by atoms with Crippen LogP contribution in [0.2, 0.25) is 5.02 Å². The average molecular weight is 311 g/mol. The zero-order valence-corrected chi connectivity index (χ0v) is 11.8. The Kier molecular flexibility index (Phi) is 2.55.